The van der Waals surface area contributed by atoms with Gasteiger partial charge in [0.15, 0.2) is 0 Å². The van der Waals surface area contributed by atoms with Gasteiger partial charge >= 0.3 is 6.18 Å². The predicted octanol–water partition coefficient (Wildman–Crippen LogP) is 2.68. The number of imidazole rings is 1. The Balaban J connectivity index is 2.40. The molecule has 1 aromatic carbocycles. The summed E-state index contributed by atoms with van der Waals surface area (Å²) in [5.41, 5.74) is 5.67. The van der Waals surface area contributed by atoms with Crippen LogP contribution in [0.5, 0.6) is 5.75 Å². The van der Waals surface area contributed by atoms with E-state index in [9.17, 15) is 13.2 Å². The lowest BCUT2D eigenvalue weighted by Crippen LogP contribution is -2.06. The van der Waals surface area contributed by atoms with Gasteiger partial charge in [-0.3, -0.25) is 0 Å². The summed E-state index contributed by atoms with van der Waals surface area (Å²) in [5, 5.41) is 3.99. The van der Waals surface area contributed by atoms with Crippen molar-refractivity contribution in [1.82, 2.24) is 9.66 Å². The quantitative estimate of drug-likeness (QED) is 0.886. The monoisotopic (exact) mass is 298 g/mol. The van der Waals surface area contributed by atoms with Crippen molar-refractivity contribution in [2.45, 2.75) is 13.1 Å². The highest BCUT2D eigenvalue weighted by Crippen LogP contribution is 2.32. The molecule has 21 heavy (non-hydrogen) atoms. The van der Waals surface area contributed by atoms with Crippen molar-refractivity contribution in [3.63, 3.8) is 0 Å². The Bertz CT molecular complexity index is 677. The van der Waals surface area contributed by atoms with E-state index in [4.69, 9.17) is 10.5 Å². The van der Waals surface area contributed by atoms with E-state index in [2.05, 4.69) is 10.1 Å². The van der Waals surface area contributed by atoms with Crippen molar-refractivity contribution in [2.75, 3.05) is 12.8 Å². The number of ether oxygens (including phenoxy) is 1. The molecule has 0 fully saturated rings. The molecule has 0 unspecified atom stereocenters. The van der Waals surface area contributed by atoms with Gasteiger partial charge in [0.25, 0.3) is 0 Å². The largest absolute Gasteiger partial charge is 0.496 e. The lowest BCUT2D eigenvalue weighted by molar-refractivity contribution is -0.137. The van der Waals surface area contributed by atoms with Crippen LogP contribution in [0.25, 0.3) is 0 Å². The third kappa shape index (κ3) is 3.33. The highest BCUT2D eigenvalue weighted by molar-refractivity contribution is 5.84. The third-order valence-corrected chi connectivity index (χ3v) is 2.71. The second-order valence-electron chi connectivity index (χ2n) is 4.28. The van der Waals surface area contributed by atoms with Gasteiger partial charge in [-0.1, -0.05) is 0 Å². The highest BCUT2D eigenvalue weighted by atomic mass is 19.4. The smallest absolute Gasteiger partial charge is 0.416 e. The minimum absolute atomic E-state index is 0.148. The number of aromatic nitrogens is 2. The van der Waals surface area contributed by atoms with Crippen molar-refractivity contribution in [3.8, 4) is 5.75 Å². The second-order valence-corrected chi connectivity index (χ2v) is 4.28. The summed E-state index contributed by atoms with van der Waals surface area (Å²) in [4.78, 5) is 3.94. The van der Waals surface area contributed by atoms with Crippen LogP contribution in [0.2, 0.25) is 0 Å². The molecule has 1 aromatic heterocycles. The minimum atomic E-state index is -4.43. The lowest BCUT2D eigenvalue weighted by Gasteiger charge is -2.10. The fourth-order valence-corrected chi connectivity index (χ4v) is 1.73. The lowest BCUT2D eigenvalue weighted by atomic mass is 10.1. The molecule has 0 saturated heterocycles. The zero-order valence-corrected chi connectivity index (χ0v) is 11.3. The molecule has 5 nitrogen and oxygen atoms in total. The van der Waals surface area contributed by atoms with Crippen LogP contribution in [-0.4, -0.2) is 23.0 Å². The van der Waals surface area contributed by atoms with Crippen molar-refractivity contribution < 1.29 is 17.9 Å². The number of hydrogen-bond donors (Lipinski definition) is 1. The maximum Gasteiger partial charge on any atom is 0.416 e. The molecule has 0 radical (unpaired) electrons. The summed E-state index contributed by atoms with van der Waals surface area (Å²) >= 11 is 0. The number of hydrogen-bond acceptors (Lipinski definition) is 4. The first-order valence-corrected chi connectivity index (χ1v) is 5.92. The van der Waals surface area contributed by atoms with Crippen LogP contribution < -0.4 is 10.5 Å². The van der Waals surface area contributed by atoms with Crippen LogP contribution in [0, 0.1) is 6.92 Å². The molecule has 2 aromatic rings. The average molecular weight is 298 g/mol. The Morgan fingerprint density at radius 3 is 2.62 bits per heavy atom. The van der Waals surface area contributed by atoms with E-state index in [0.29, 0.717) is 5.69 Å². The molecular formula is C13H13F3N4O. The molecule has 2 N–H and O–H groups in total. The van der Waals surface area contributed by atoms with Gasteiger partial charge in [-0.25, -0.2) is 9.66 Å². The minimum Gasteiger partial charge on any atom is -0.496 e. The summed E-state index contributed by atoms with van der Waals surface area (Å²) in [5.74, 6) is 0.428. The van der Waals surface area contributed by atoms with Crippen LogP contribution in [-0.2, 0) is 6.18 Å². The maximum atomic E-state index is 12.7. The van der Waals surface area contributed by atoms with Crippen LogP contribution in [0.4, 0.5) is 19.1 Å². The van der Waals surface area contributed by atoms with Gasteiger partial charge in [-0.15, -0.1) is 0 Å². The summed E-state index contributed by atoms with van der Waals surface area (Å²) in [6.07, 6.45) is -1.63. The number of rotatable bonds is 3. The van der Waals surface area contributed by atoms with Gasteiger partial charge in [0.2, 0.25) is 5.95 Å². The van der Waals surface area contributed by atoms with Crippen LogP contribution >= 0.6 is 0 Å². The van der Waals surface area contributed by atoms with Gasteiger partial charge in [-0.2, -0.15) is 18.3 Å². The Hall–Kier alpha value is -2.51. The van der Waals surface area contributed by atoms with E-state index < -0.39 is 11.7 Å². The predicted molar refractivity (Wildman–Crippen MR) is 72.4 cm³/mol. The number of methoxy groups -OCH3 is 1. The van der Waals surface area contributed by atoms with Gasteiger partial charge < -0.3 is 10.5 Å². The summed E-state index contributed by atoms with van der Waals surface area (Å²) < 4.78 is 44.4. The second kappa shape index (κ2) is 5.47. The van der Waals surface area contributed by atoms with Gasteiger partial charge in [0, 0.05) is 5.56 Å². The molecule has 0 aliphatic rings. The van der Waals surface area contributed by atoms with Gasteiger partial charge in [-0.05, 0) is 25.1 Å². The fourth-order valence-electron chi connectivity index (χ4n) is 1.73. The van der Waals surface area contributed by atoms with Crippen LogP contribution in [0.15, 0.2) is 29.5 Å². The Labute approximate surface area is 118 Å². The zero-order valence-electron chi connectivity index (χ0n) is 11.3. The van der Waals surface area contributed by atoms with E-state index >= 15 is 0 Å². The van der Waals surface area contributed by atoms with Crippen molar-refractivity contribution in [2.24, 2.45) is 5.10 Å². The van der Waals surface area contributed by atoms with Crippen molar-refractivity contribution in [3.05, 3.63) is 41.2 Å². The molecule has 112 valence electrons. The Kier molecular flexibility index (Phi) is 3.88. The molecule has 0 spiro atoms. The van der Waals surface area contributed by atoms with E-state index in [0.717, 1.165) is 12.1 Å². The summed E-state index contributed by atoms with van der Waals surface area (Å²) in [7, 11) is 1.37. The summed E-state index contributed by atoms with van der Waals surface area (Å²) in [6, 6.07) is 3.15. The standard InChI is InChI=1S/C13H13F3N4O/c1-8-7-20(12(17)19-8)18-6-9-5-10(13(14,15)16)3-4-11(9)21-2/h3-7H,1-2H3,(H2,17,19). The number of alkyl halides is 3. The normalized spacial score (nSPS) is 12.0. The average Bonchev–Trinajstić information content (AvgIpc) is 2.73. The zero-order chi connectivity index (χ0) is 15.6. The molecular weight excluding hydrogens is 285 g/mol. The van der Waals surface area contributed by atoms with E-state index in [1.54, 1.807) is 13.1 Å². The maximum absolute atomic E-state index is 12.7. The van der Waals surface area contributed by atoms with E-state index in [-0.39, 0.29) is 17.3 Å². The van der Waals surface area contributed by atoms with Crippen molar-refractivity contribution in [1.29, 1.82) is 0 Å². The first-order chi connectivity index (χ1) is 9.81. The van der Waals surface area contributed by atoms with Crippen molar-refractivity contribution >= 4 is 12.2 Å². The molecule has 0 aliphatic heterocycles. The number of halogens is 3. The fraction of sp³-hybridized carbons (Fsp3) is 0.231. The number of nitrogens with two attached hydrogens (primary N) is 1. The number of anilines is 1. The third-order valence-electron chi connectivity index (χ3n) is 2.71. The molecule has 8 heteroatoms. The molecule has 0 amide bonds. The van der Waals surface area contributed by atoms with E-state index in [1.807, 2.05) is 0 Å². The number of aryl methyl sites for hydroxylation is 1. The number of nitrogens with zero attached hydrogens (tertiary/aromatic N) is 3. The first-order valence-electron chi connectivity index (χ1n) is 5.92. The van der Waals surface area contributed by atoms with Gasteiger partial charge in [0.05, 0.1) is 30.8 Å². The molecule has 2 rings (SSSR count). The van der Waals surface area contributed by atoms with E-state index in [1.165, 1.54) is 24.1 Å². The molecule has 1 heterocycles. The SMILES string of the molecule is COc1ccc(C(F)(F)F)cc1C=Nn1cc(C)nc1N. The molecule has 0 saturated carbocycles. The number of nitrogen functional groups attached to an aromatic ring is 1. The molecule has 0 atom stereocenters. The number of benzene rings is 1. The summed E-state index contributed by atoms with van der Waals surface area (Å²) in [6.45, 7) is 1.73. The Morgan fingerprint density at radius 1 is 1.38 bits per heavy atom. The Morgan fingerprint density at radius 2 is 2.10 bits per heavy atom. The van der Waals surface area contributed by atoms with Crippen LogP contribution in [0.3, 0.4) is 0 Å². The van der Waals surface area contributed by atoms with Gasteiger partial charge in [0.1, 0.15) is 5.75 Å². The molecule has 0 bridgehead atoms. The first kappa shape index (κ1) is 14.9. The molecule has 0 aliphatic carbocycles. The highest BCUT2D eigenvalue weighted by Gasteiger charge is 2.30. The van der Waals surface area contributed by atoms with Crippen LogP contribution in [0.1, 0.15) is 16.8 Å². The topological polar surface area (TPSA) is 65.4 Å².